The van der Waals surface area contributed by atoms with Crippen molar-refractivity contribution < 1.29 is 9.59 Å². The molecule has 30 heavy (non-hydrogen) atoms. The molecule has 2 amide bonds. The Hall–Kier alpha value is -3.74. The average Bonchev–Trinajstić information content (AvgIpc) is 3.29. The summed E-state index contributed by atoms with van der Waals surface area (Å²) < 4.78 is 0. The smallest absolute Gasteiger partial charge is 0.253 e. The van der Waals surface area contributed by atoms with Gasteiger partial charge in [0.1, 0.15) is 0 Å². The molecule has 2 N–H and O–H groups in total. The molecule has 7 nitrogen and oxygen atoms in total. The van der Waals surface area contributed by atoms with E-state index in [1.54, 1.807) is 6.20 Å². The second-order valence-corrected chi connectivity index (χ2v) is 7.23. The van der Waals surface area contributed by atoms with Crippen molar-refractivity contribution in [2.75, 3.05) is 23.7 Å². The number of benzene rings is 2. The lowest BCUT2D eigenvalue weighted by Gasteiger charge is -2.15. The van der Waals surface area contributed by atoms with Crippen LogP contribution in [-0.4, -0.2) is 39.8 Å². The minimum Gasteiger partial charge on any atom is -0.339 e. The van der Waals surface area contributed by atoms with Gasteiger partial charge in [-0.05, 0) is 49.2 Å². The maximum atomic E-state index is 12.6. The highest BCUT2D eigenvalue weighted by atomic mass is 16.2. The topological polar surface area (TPSA) is 87.2 Å². The fraction of sp³-hybridized carbons (Fsp3) is 0.217. The van der Waals surface area contributed by atoms with Crippen LogP contribution in [0.2, 0.25) is 0 Å². The average molecular weight is 401 g/mol. The lowest BCUT2D eigenvalue weighted by atomic mass is 10.1. The maximum absolute atomic E-state index is 12.6. The van der Waals surface area contributed by atoms with Gasteiger partial charge in [0, 0.05) is 48.7 Å². The van der Waals surface area contributed by atoms with Crippen LogP contribution in [0.3, 0.4) is 0 Å². The van der Waals surface area contributed by atoms with E-state index >= 15 is 0 Å². The van der Waals surface area contributed by atoms with Crippen molar-refractivity contribution >= 4 is 29.1 Å². The zero-order valence-electron chi connectivity index (χ0n) is 16.8. The van der Waals surface area contributed by atoms with Crippen LogP contribution in [0.1, 0.15) is 30.1 Å². The predicted molar refractivity (Wildman–Crippen MR) is 117 cm³/mol. The molecule has 0 unspecified atom stereocenters. The van der Waals surface area contributed by atoms with Crippen LogP contribution in [0.15, 0.2) is 60.8 Å². The Kier molecular flexibility index (Phi) is 5.70. The first-order valence-electron chi connectivity index (χ1n) is 9.96. The van der Waals surface area contributed by atoms with E-state index in [4.69, 9.17) is 0 Å². The highest BCUT2D eigenvalue weighted by molar-refractivity contribution is 5.95. The third-order valence-corrected chi connectivity index (χ3v) is 4.92. The molecule has 0 saturated carbocycles. The van der Waals surface area contributed by atoms with Crippen molar-refractivity contribution in [1.29, 1.82) is 0 Å². The summed E-state index contributed by atoms with van der Waals surface area (Å²) in [6, 6.07) is 16.7. The highest BCUT2D eigenvalue weighted by Gasteiger charge is 2.19. The molecule has 1 saturated heterocycles. The standard InChI is InChI=1S/C23H23N5O2/c1-16(29)25-19-9-7-17(8-10-19)21-11-12-24-23(27-21)26-20-6-4-5-18(15-20)22(30)28-13-2-3-14-28/h4-12,15H,2-3,13-14H2,1H3,(H,25,29)(H,24,26,27). The number of nitrogens with zero attached hydrogens (tertiary/aromatic N) is 3. The van der Waals surface area contributed by atoms with E-state index in [0.717, 1.165) is 48.6 Å². The summed E-state index contributed by atoms with van der Waals surface area (Å²) in [5, 5.41) is 5.93. The molecule has 1 fully saturated rings. The number of carbonyl (C=O) groups excluding carboxylic acids is 2. The number of amides is 2. The zero-order valence-corrected chi connectivity index (χ0v) is 16.8. The van der Waals surface area contributed by atoms with Crippen molar-refractivity contribution in [3.63, 3.8) is 0 Å². The number of carbonyl (C=O) groups is 2. The molecule has 1 aliphatic rings. The Bertz CT molecular complexity index is 1060. The number of nitrogens with one attached hydrogen (secondary N) is 2. The third kappa shape index (κ3) is 4.63. The fourth-order valence-electron chi connectivity index (χ4n) is 3.47. The summed E-state index contributed by atoms with van der Waals surface area (Å²) in [6.07, 6.45) is 3.82. The zero-order chi connectivity index (χ0) is 20.9. The maximum Gasteiger partial charge on any atom is 0.253 e. The van der Waals surface area contributed by atoms with Crippen LogP contribution in [-0.2, 0) is 4.79 Å². The van der Waals surface area contributed by atoms with Crippen molar-refractivity contribution in [3.8, 4) is 11.3 Å². The molecule has 7 heteroatoms. The Labute approximate surface area is 175 Å². The van der Waals surface area contributed by atoms with Crippen molar-refractivity contribution in [2.24, 2.45) is 0 Å². The number of hydrogen-bond acceptors (Lipinski definition) is 5. The van der Waals surface area contributed by atoms with E-state index in [1.165, 1.54) is 6.92 Å². The van der Waals surface area contributed by atoms with E-state index in [2.05, 4.69) is 20.6 Å². The largest absolute Gasteiger partial charge is 0.339 e. The molecule has 0 radical (unpaired) electrons. The summed E-state index contributed by atoms with van der Waals surface area (Å²) in [6.45, 7) is 3.12. The second-order valence-electron chi connectivity index (χ2n) is 7.23. The molecule has 152 valence electrons. The molecule has 2 heterocycles. The van der Waals surface area contributed by atoms with Gasteiger partial charge in [0.05, 0.1) is 5.69 Å². The van der Waals surface area contributed by atoms with Crippen molar-refractivity contribution in [3.05, 3.63) is 66.4 Å². The summed E-state index contributed by atoms with van der Waals surface area (Å²) in [7, 11) is 0. The molecule has 0 atom stereocenters. The summed E-state index contributed by atoms with van der Waals surface area (Å²) >= 11 is 0. The number of aromatic nitrogens is 2. The van der Waals surface area contributed by atoms with E-state index in [1.807, 2.05) is 59.5 Å². The summed E-state index contributed by atoms with van der Waals surface area (Å²) in [5.41, 5.74) is 3.82. The minimum atomic E-state index is -0.110. The molecule has 4 rings (SSSR count). The molecule has 0 spiro atoms. The van der Waals surface area contributed by atoms with E-state index in [9.17, 15) is 9.59 Å². The summed E-state index contributed by atoms with van der Waals surface area (Å²) in [4.78, 5) is 34.5. The third-order valence-electron chi connectivity index (χ3n) is 4.92. The van der Waals surface area contributed by atoms with Gasteiger partial charge in [0.2, 0.25) is 11.9 Å². The highest BCUT2D eigenvalue weighted by Crippen LogP contribution is 2.22. The quantitative estimate of drug-likeness (QED) is 0.673. The van der Waals surface area contributed by atoms with Crippen molar-refractivity contribution in [2.45, 2.75) is 19.8 Å². The van der Waals surface area contributed by atoms with Gasteiger partial charge < -0.3 is 15.5 Å². The second kappa shape index (κ2) is 8.73. The van der Waals surface area contributed by atoms with E-state index in [0.29, 0.717) is 11.5 Å². The molecular weight excluding hydrogens is 378 g/mol. The van der Waals surface area contributed by atoms with Gasteiger partial charge in [-0.2, -0.15) is 0 Å². The van der Waals surface area contributed by atoms with Crippen LogP contribution in [0, 0.1) is 0 Å². The first kappa shape index (κ1) is 19.6. The van der Waals surface area contributed by atoms with Crippen LogP contribution >= 0.6 is 0 Å². The van der Waals surface area contributed by atoms with Crippen LogP contribution < -0.4 is 10.6 Å². The Morgan fingerprint density at radius 2 is 1.73 bits per heavy atom. The molecule has 1 aliphatic heterocycles. The number of likely N-dealkylation sites (tertiary alicyclic amines) is 1. The van der Waals surface area contributed by atoms with Gasteiger partial charge in [-0.15, -0.1) is 0 Å². The first-order valence-corrected chi connectivity index (χ1v) is 9.96. The SMILES string of the molecule is CC(=O)Nc1ccc(-c2ccnc(Nc3cccc(C(=O)N4CCCC4)c3)n2)cc1. The Morgan fingerprint density at radius 1 is 0.967 bits per heavy atom. The van der Waals surface area contributed by atoms with Gasteiger partial charge in [0.15, 0.2) is 0 Å². The number of hydrogen-bond donors (Lipinski definition) is 2. The first-order chi connectivity index (χ1) is 14.6. The molecular formula is C23H23N5O2. The Morgan fingerprint density at radius 3 is 2.47 bits per heavy atom. The predicted octanol–water partition coefficient (Wildman–Crippen LogP) is 4.08. The monoisotopic (exact) mass is 401 g/mol. The minimum absolute atomic E-state index is 0.0603. The normalized spacial score (nSPS) is 13.2. The number of rotatable bonds is 5. The van der Waals surface area contributed by atoms with Gasteiger partial charge in [-0.25, -0.2) is 9.97 Å². The fourth-order valence-corrected chi connectivity index (χ4v) is 3.47. The molecule has 0 aliphatic carbocycles. The lowest BCUT2D eigenvalue weighted by molar-refractivity contribution is -0.114. The van der Waals surface area contributed by atoms with Gasteiger partial charge in [-0.1, -0.05) is 18.2 Å². The van der Waals surface area contributed by atoms with E-state index < -0.39 is 0 Å². The number of anilines is 3. The van der Waals surface area contributed by atoms with Crippen LogP contribution in [0.5, 0.6) is 0 Å². The van der Waals surface area contributed by atoms with Crippen LogP contribution in [0.25, 0.3) is 11.3 Å². The molecule has 3 aromatic rings. The van der Waals surface area contributed by atoms with Gasteiger partial charge >= 0.3 is 0 Å². The van der Waals surface area contributed by atoms with Crippen LogP contribution in [0.4, 0.5) is 17.3 Å². The van der Waals surface area contributed by atoms with E-state index in [-0.39, 0.29) is 11.8 Å². The van der Waals surface area contributed by atoms with Crippen molar-refractivity contribution in [1.82, 2.24) is 14.9 Å². The molecule has 0 bridgehead atoms. The molecule has 1 aromatic heterocycles. The Balaban J connectivity index is 1.50. The molecule has 2 aromatic carbocycles. The van der Waals surface area contributed by atoms with Gasteiger partial charge in [-0.3, -0.25) is 9.59 Å². The summed E-state index contributed by atoms with van der Waals surface area (Å²) in [5.74, 6) is 0.399. The van der Waals surface area contributed by atoms with Gasteiger partial charge in [0.25, 0.3) is 5.91 Å². The lowest BCUT2D eigenvalue weighted by Crippen LogP contribution is -2.27.